The van der Waals surface area contributed by atoms with Gasteiger partial charge in [0.2, 0.25) is 0 Å². The highest BCUT2D eigenvalue weighted by molar-refractivity contribution is 9.10. The zero-order valence-electron chi connectivity index (χ0n) is 14.4. The van der Waals surface area contributed by atoms with Gasteiger partial charge in [0, 0.05) is 5.69 Å². The quantitative estimate of drug-likeness (QED) is 0.611. The third kappa shape index (κ3) is 4.16. The number of thioether (sulfide) groups is 1. The second-order valence-electron chi connectivity index (χ2n) is 5.73. The fourth-order valence-electron chi connectivity index (χ4n) is 2.54. The van der Waals surface area contributed by atoms with Crippen molar-refractivity contribution in [3.05, 3.63) is 56.9 Å². The first-order valence-corrected chi connectivity index (χ1v) is 9.78. The average Bonchev–Trinajstić information content (AvgIpc) is 2.97. The number of hydrogen-bond acceptors (Lipinski definition) is 5. The second-order valence-corrected chi connectivity index (χ2v) is 7.73. The van der Waals surface area contributed by atoms with E-state index in [1.54, 1.807) is 18.2 Å². The number of benzene rings is 2. The van der Waals surface area contributed by atoms with Crippen LogP contribution in [0.4, 0.5) is 5.69 Å². The van der Waals surface area contributed by atoms with Crippen molar-refractivity contribution >= 4 is 45.4 Å². The summed E-state index contributed by atoms with van der Waals surface area (Å²) in [6, 6.07) is 11.6. The van der Waals surface area contributed by atoms with Crippen LogP contribution in [0.2, 0.25) is 0 Å². The highest BCUT2D eigenvalue weighted by Gasteiger charge is 2.27. The number of carbonyl (C=O) groups excluding carboxylic acids is 1. The smallest absolute Gasteiger partial charge is 0.260 e. The molecule has 0 aromatic heterocycles. The molecule has 2 aromatic carbocycles. The molecule has 1 atom stereocenters. The summed E-state index contributed by atoms with van der Waals surface area (Å²) in [4.78, 5) is 12.8. The van der Waals surface area contributed by atoms with E-state index in [1.165, 1.54) is 24.4 Å². The second kappa shape index (κ2) is 8.05. The predicted octanol–water partition coefficient (Wildman–Crippen LogP) is 4.33. The van der Waals surface area contributed by atoms with Gasteiger partial charge in [0.1, 0.15) is 0 Å². The maximum atomic E-state index is 12.3. The van der Waals surface area contributed by atoms with Crippen molar-refractivity contribution in [2.45, 2.75) is 18.8 Å². The van der Waals surface area contributed by atoms with Gasteiger partial charge in [-0.1, -0.05) is 30.8 Å². The number of nitrogens with one attached hydrogen (secondary N) is 2. The van der Waals surface area contributed by atoms with Crippen molar-refractivity contribution in [3.8, 4) is 11.5 Å². The maximum Gasteiger partial charge on any atom is 0.260 e. The van der Waals surface area contributed by atoms with Crippen LogP contribution in [0.3, 0.4) is 0 Å². The van der Waals surface area contributed by atoms with E-state index in [1.807, 2.05) is 12.1 Å². The lowest BCUT2D eigenvalue weighted by Crippen LogP contribution is -2.30. The monoisotopic (exact) mass is 434 g/mol. The molecule has 0 radical (unpaired) electrons. The molecule has 26 heavy (non-hydrogen) atoms. The summed E-state index contributed by atoms with van der Waals surface area (Å²) in [5.74, 6) is 0.245. The van der Waals surface area contributed by atoms with Crippen LogP contribution in [-0.4, -0.2) is 23.6 Å². The SMILES string of the molecule is CCc1ccc(NC2NC(=O)C(=Cc3cc(Br)c(O)c(OC)c3)S2)cc1. The van der Waals surface area contributed by atoms with Gasteiger partial charge in [-0.2, -0.15) is 0 Å². The van der Waals surface area contributed by atoms with Crippen LogP contribution in [0.25, 0.3) is 6.08 Å². The van der Waals surface area contributed by atoms with E-state index < -0.39 is 0 Å². The number of hydrogen-bond donors (Lipinski definition) is 3. The number of rotatable bonds is 5. The van der Waals surface area contributed by atoms with Gasteiger partial charge in [-0.25, -0.2) is 0 Å². The lowest BCUT2D eigenvalue weighted by Gasteiger charge is -2.12. The molecule has 0 aliphatic carbocycles. The van der Waals surface area contributed by atoms with E-state index in [0.29, 0.717) is 15.1 Å². The largest absolute Gasteiger partial charge is 0.503 e. The third-order valence-corrected chi connectivity index (χ3v) is 5.59. The van der Waals surface area contributed by atoms with Crippen molar-refractivity contribution in [1.29, 1.82) is 0 Å². The molecule has 1 heterocycles. The molecule has 1 unspecified atom stereocenters. The molecular weight excluding hydrogens is 416 g/mol. The van der Waals surface area contributed by atoms with E-state index in [-0.39, 0.29) is 17.2 Å². The normalized spacial score (nSPS) is 18.0. The summed E-state index contributed by atoms with van der Waals surface area (Å²) in [5.41, 5.74) is 2.75. The van der Waals surface area contributed by atoms with Gasteiger partial charge in [0.05, 0.1) is 16.5 Å². The Kier molecular flexibility index (Phi) is 5.78. The molecule has 7 heteroatoms. The van der Waals surface area contributed by atoms with Crippen molar-refractivity contribution < 1.29 is 14.6 Å². The molecule has 1 aliphatic rings. The first kappa shape index (κ1) is 18.7. The summed E-state index contributed by atoms with van der Waals surface area (Å²) < 4.78 is 5.66. The minimum Gasteiger partial charge on any atom is -0.503 e. The van der Waals surface area contributed by atoms with Crippen LogP contribution >= 0.6 is 27.7 Å². The molecule has 1 aliphatic heterocycles. The summed E-state index contributed by atoms with van der Waals surface area (Å²) in [6.07, 6.45) is 2.77. The molecule has 0 bridgehead atoms. The lowest BCUT2D eigenvalue weighted by atomic mass is 10.1. The Morgan fingerprint density at radius 3 is 2.73 bits per heavy atom. The number of aromatic hydroxyl groups is 1. The highest BCUT2D eigenvalue weighted by atomic mass is 79.9. The molecule has 0 saturated carbocycles. The Labute approximate surface area is 165 Å². The maximum absolute atomic E-state index is 12.3. The van der Waals surface area contributed by atoms with E-state index >= 15 is 0 Å². The number of ether oxygens (including phenoxy) is 1. The predicted molar refractivity (Wildman–Crippen MR) is 109 cm³/mol. The number of aryl methyl sites for hydroxylation is 1. The molecule has 3 rings (SSSR count). The molecule has 136 valence electrons. The number of halogens is 1. The Morgan fingerprint density at radius 2 is 2.08 bits per heavy atom. The standard InChI is InChI=1S/C19H19BrN2O3S/c1-3-11-4-6-13(7-5-11)21-19-22-18(24)16(26-19)10-12-8-14(20)17(23)15(9-12)25-2/h4-10,19,21,23H,3H2,1-2H3,(H,22,24). The van der Waals surface area contributed by atoms with Crippen LogP contribution < -0.4 is 15.4 Å². The Bertz CT molecular complexity index is 853. The lowest BCUT2D eigenvalue weighted by molar-refractivity contribution is -0.116. The third-order valence-electron chi connectivity index (χ3n) is 3.96. The van der Waals surface area contributed by atoms with E-state index in [9.17, 15) is 9.90 Å². The Hall–Kier alpha value is -2.12. The van der Waals surface area contributed by atoms with Crippen molar-refractivity contribution in [1.82, 2.24) is 5.32 Å². The summed E-state index contributed by atoms with van der Waals surface area (Å²) in [7, 11) is 1.49. The number of phenols is 1. The first-order valence-electron chi connectivity index (χ1n) is 8.11. The topological polar surface area (TPSA) is 70.6 Å². The minimum absolute atomic E-state index is 0.0354. The Morgan fingerprint density at radius 1 is 1.35 bits per heavy atom. The van der Waals surface area contributed by atoms with Crippen LogP contribution in [-0.2, 0) is 11.2 Å². The van der Waals surface area contributed by atoms with E-state index in [4.69, 9.17) is 4.74 Å². The number of carbonyl (C=O) groups is 1. The molecule has 1 amide bonds. The van der Waals surface area contributed by atoms with Crippen molar-refractivity contribution in [2.75, 3.05) is 12.4 Å². The molecule has 5 nitrogen and oxygen atoms in total. The van der Waals surface area contributed by atoms with E-state index in [2.05, 4.69) is 45.6 Å². The van der Waals surface area contributed by atoms with Gasteiger partial charge in [0.25, 0.3) is 5.91 Å². The van der Waals surface area contributed by atoms with Crippen molar-refractivity contribution in [3.63, 3.8) is 0 Å². The van der Waals surface area contributed by atoms with Crippen LogP contribution in [0, 0.1) is 0 Å². The number of amides is 1. The molecular formula is C19H19BrN2O3S. The van der Waals surface area contributed by atoms with Gasteiger partial charge < -0.3 is 20.5 Å². The molecule has 1 saturated heterocycles. The fourth-order valence-corrected chi connectivity index (χ4v) is 3.98. The first-order chi connectivity index (χ1) is 12.5. The van der Waals surface area contributed by atoms with Gasteiger partial charge in [-0.15, -0.1) is 0 Å². The van der Waals surface area contributed by atoms with Crippen LogP contribution in [0.1, 0.15) is 18.1 Å². The van der Waals surface area contributed by atoms with Crippen LogP contribution in [0.5, 0.6) is 11.5 Å². The van der Waals surface area contributed by atoms with Gasteiger partial charge >= 0.3 is 0 Å². The molecule has 0 spiro atoms. The summed E-state index contributed by atoms with van der Waals surface area (Å²) in [6.45, 7) is 2.11. The van der Waals surface area contributed by atoms with Gasteiger partial charge in [-0.05, 0) is 63.8 Å². The zero-order chi connectivity index (χ0) is 18.7. The number of phenolic OH excluding ortho intramolecular Hbond substituents is 1. The summed E-state index contributed by atoms with van der Waals surface area (Å²) >= 11 is 4.70. The van der Waals surface area contributed by atoms with E-state index in [0.717, 1.165) is 17.7 Å². The van der Waals surface area contributed by atoms with Gasteiger partial charge in [0.15, 0.2) is 17.0 Å². The zero-order valence-corrected chi connectivity index (χ0v) is 16.8. The highest BCUT2D eigenvalue weighted by Crippen LogP contribution is 2.37. The number of anilines is 1. The summed E-state index contributed by atoms with van der Waals surface area (Å²) in [5, 5.41) is 16.1. The van der Waals surface area contributed by atoms with Crippen molar-refractivity contribution in [2.24, 2.45) is 0 Å². The van der Waals surface area contributed by atoms with Crippen LogP contribution in [0.15, 0.2) is 45.8 Å². The molecule has 1 fully saturated rings. The fraction of sp³-hybridized carbons (Fsp3) is 0.211. The number of methoxy groups -OCH3 is 1. The molecule has 3 N–H and O–H groups in total. The minimum atomic E-state index is -0.233. The van der Waals surface area contributed by atoms with Gasteiger partial charge in [-0.3, -0.25) is 4.79 Å². The Balaban J connectivity index is 1.75. The average molecular weight is 435 g/mol. The molecule has 2 aromatic rings.